The zero-order chi connectivity index (χ0) is 14.3. The molecule has 3 heteroatoms. The van der Waals surface area contributed by atoms with Gasteiger partial charge in [-0.25, -0.2) is 0 Å². The molecule has 0 aromatic carbocycles. The summed E-state index contributed by atoms with van der Waals surface area (Å²) in [6.45, 7) is 6.86. The Morgan fingerprint density at radius 2 is 1.70 bits per heavy atom. The van der Waals surface area contributed by atoms with Crippen LogP contribution in [0, 0.1) is 29.1 Å². The lowest BCUT2D eigenvalue weighted by Gasteiger charge is -2.58. The van der Waals surface area contributed by atoms with Crippen LogP contribution in [0.2, 0.25) is 0 Å². The van der Waals surface area contributed by atoms with Crippen LogP contribution in [-0.2, 0) is 4.79 Å². The standard InChI is InChI=1S/C17H29NO2/c1-3-18(10-12(2)16(19)20)11-17-7-13-4-14(8-17)6-15(5-13)9-17/h12-15H,3-11H2,1-2H3,(H,19,20). The number of rotatable bonds is 6. The monoisotopic (exact) mass is 279 g/mol. The number of carbonyl (C=O) groups is 1. The van der Waals surface area contributed by atoms with E-state index in [1.165, 1.54) is 38.5 Å². The summed E-state index contributed by atoms with van der Waals surface area (Å²) < 4.78 is 0. The molecule has 4 aliphatic rings. The van der Waals surface area contributed by atoms with Gasteiger partial charge in [-0.05, 0) is 68.2 Å². The summed E-state index contributed by atoms with van der Waals surface area (Å²) in [6.07, 6.45) is 8.69. The molecule has 4 fully saturated rings. The maximum Gasteiger partial charge on any atom is 0.307 e. The maximum atomic E-state index is 11.1. The van der Waals surface area contributed by atoms with Crippen LogP contribution in [0.5, 0.6) is 0 Å². The predicted molar refractivity (Wildman–Crippen MR) is 79.5 cm³/mol. The summed E-state index contributed by atoms with van der Waals surface area (Å²) in [7, 11) is 0. The summed E-state index contributed by atoms with van der Waals surface area (Å²) in [4.78, 5) is 13.5. The molecule has 0 saturated heterocycles. The first kappa shape index (κ1) is 14.4. The zero-order valence-corrected chi connectivity index (χ0v) is 13.0. The van der Waals surface area contributed by atoms with Gasteiger partial charge < -0.3 is 10.0 Å². The van der Waals surface area contributed by atoms with Crippen molar-refractivity contribution in [2.75, 3.05) is 19.6 Å². The maximum absolute atomic E-state index is 11.1. The largest absolute Gasteiger partial charge is 0.481 e. The van der Waals surface area contributed by atoms with Crippen LogP contribution in [-0.4, -0.2) is 35.6 Å². The summed E-state index contributed by atoms with van der Waals surface area (Å²) in [6, 6.07) is 0. The van der Waals surface area contributed by atoms with Gasteiger partial charge in [-0.15, -0.1) is 0 Å². The summed E-state index contributed by atoms with van der Waals surface area (Å²) >= 11 is 0. The second kappa shape index (κ2) is 5.32. The third-order valence-electron chi connectivity index (χ3n) is 6.12. The van der Waals surface area contributed by atoms with E-state index in [2.05, 4.69) is 11.8 Å². The van der Waals surface area contributed by atoms with E-state index in [-0.39, 0.29) is 5.92 Å². The Labute approximate surface area is 122 Å². The second-order valence-electron chi connectivity index (χ2n) is 7.98. The van der Waals surface area contributed by atoms with E-state index in [4.69, 9.17) is 5.11 Å². The van der Waals surface area contributed by atoms with Crippen LogP contribution >= 0.6 is 0 Å². The van der Waals surface area contributed by atoms with E-state index in [0.717, 1.165) is 30.8 Å². The third-order valence-corrected chi connectivity index (χ3v) is 6.12. The van der Waals surface area contributed by atoms with Crippen LogP contribution in [0.3, 0.4) is 0 Å². The molecular formula is C17H29NO2. The molecule has 4 bridgehead atoms. The molecule has 0 aromatic rings. The number of carboxylic acid groups (broad SMARTS) is 1. The lowest BCUT2D eigenvalue weighted by molar-refractivity contribution is -0.142. The van der Waals surface area contributed by atoms with Gasteiger partial charge in [0.05, 0.1) is 5.92 Å². The molecule has 0 heterocycles. The average Bonchev–Trinajstić information content (AvgIpc) is 2.35. The van der Waals surface area contributed by atoms with Gasteiger partial charge in [0.1, 0.15) is 0 Å². The van der Waals surface area contributed by atoms with Crippen molar-refractivity contribution in [3.63, 3.8) is 0 Å². The molecule has 0 aromatic heterocycles. The third kappa shape index (κ3) is 2.74. The van der Waals surface area contributed by atoms with Gasteiger partial charge in [-0.3, -0.25) is 4.79 Å². The highest BCUT2D eigenvalue weighted by molar-refractivity contribution is 5.69. The lowest BCUT2D eigenvalue weighted by Crippen LogP contribution is -2.51. The van der Waals surface area contributed by atoms with Gasteiger partial charge in [0.15, 0.2) is 0 Å². The van der Waals surface area contributed by atoms with Crippen LogP contribution in [0.25, 0.3) is 0 Å². The number of carboxylic acids is 1. The van der Waals surface area contributed by atoms with Crippen LogP contribution < -0.4 is 0 Å². The van der Waals surface area contributed by atoms with E-state index in [9.17, 15) is 4.79 Å². The van der Waals surface area contributed by atoms with E-state index < -0.39 is 5.97 Å². The number of hydrogen-bond acceptors (Lipinski definition) is 2. The molecule has 1 N–H and O–H groups in total. The van der Waals surface area contributed by atoms with E-state index in [1.807, 2.05) is 6.92 Å². The van der Waals surface area contributed by atoms with Gasteiger partial charge in [0, 0.05) is 13.1 Å². The first-order chi connectivity index (χ1) is 9.49. The number of hydrogen-bond donors (Lipinski definition) is 1. The minimum absolute atomic E-state index is 0.246. The minimum Gasteiger partial charge on any atom is -0.481 e. The molecule has 4 aliphatic carbocycles. The zero-order valence-electron chi connectivity index (χ0n) is 13.0. The topological polar surface area (TPSA) is 40.5 Å². The molecule has 20 heavy (non-hydrogen) atoms. The molecular weight excluding hydrogens is 250 g/mol. The molecule has 114 valence electrons. The Kier molecular flexibility index (Phi) is 3.83. The lowest BCUT2D eigenvalue weighted by atomic mass is 9.49. The highest BCUT2D eigenvalue weighted by atomic mass is 16.4. The number of nitrogens with zero attached hydrogens (tertiary/aromatic N) is 1. The van der Waals surface area contributed by atoms with Crippen molar-refractivity contribution in [1.29, 1.82) is 0 Å². The van der Waals surface area contributed by atoms with Gasteiger partial charge in [0.25, 0.3) is 0 Å². The molecule has 0 amide bonds. The molecule has 3 nitrogen and oxygen atoms in total. The first-order valence-electron chi connectivity index (χ1n) is 8.45. The Hall–Kier alpha value is -0.570. The highest BCUT2D eigenvalue weighted by Crippen LogP contribution is 2.60. The van der Waals surface area contributed by atoms with E-state index in [0.29, 0.717) is 12.0 Å². The van der Waals surface area contributed by atoms with Crippen molar-refractivity contribution in [2.45, 2.75) is 52.4 Å². The minimum atomic E-state index is -0.658. The van der Waals surface area contributed by atoms with Gasteiger partial charge >= 0.3 is 5.97 Å². The van der Waals surface area contributed by atoms with Gasteiger partial charge in [0.2, 0.25) is 0 Å². The fourth-order valence-corrected chi connectivity index (χ4v) is 5.73. The molecule has 4 rings (SSSR count). The molecule has 4 saturated carbocycles. The molecule has 0 spiro atoms. The second-order valence-corrected chi connectivity index (χ2v) is 7.98. The fraction of sp³-hybridized carbons (Fsp3) is 0.941. The average molecular weight is 279 g/mol. The van der Waals surface area contributed by atoms with Crippen molar-refractivity contribution >= 4 is 5.97 Å². The summed E-state index contributed by atoms with van der Waals surface area (Å²) in [5.74, 6) is 2.04. The summed E-state index contributed by atoms with van der Waals surface area (Å²) in [5, 5.41) is 9.13. The van der Waals surface area contributed by atoms with Crippen molar-refractivity contribution < 1.29 is 9.90 Å². The number of aliphatic carboxylic acids is 1. The van der Waals surface area contributed by atoms with Gasteiger partial charge in [-0.2, -0.15) is 0 Å². The fourth-order valence-electron chi connectivity index (χ4n) is 5.73. The van der Waals surface area contributed by atoms with Crippen molar-refractivity contribution in [3.8, 4) is 0 Å². The van der Waals surface area contributed by atoms with Gasteiger partial charge in [-0.1, -0.05) is 13.8 Å². The predicted octanol–water partition coefficient (Wildman–Crippen LogP) is 3.25. The van der Waals surface area contributed by atoms with E-state index >= 15 is 0 Å². The SMILES string of the molecule is CCN(CC(C)C(=O)O)CC12CC3CC(CC(C3)C1)C2. The summed E-state index contributed by atoms with van der Waals surface area (Å²) in [5.41, 5.74) is 0.531. The van der Waals surface area contributed by atoms with Crippen molar-refractivity contribution in [2.24, 2.45) is 29.1 Å². The molecule has 1 atom stereocenters. The first-order valence-corrected chi connectivity index (χ1v) is 8.45. The Balaban J connectivity index is 1.65. The Morgan fingerprint density at radius 3 is 2.10 bits per heavy atom. The van der Waals surface area contributed by atoms with Crippen LogP contribution in [0.1, 0.15) is 52.4 Å². The van der Waals surface area contributed by atoms with Crippen LogP contribution in [0.4, 0.5) is 0 Å². The Bertz CT molecular complexity index is 344. The highest BCUT2D eigenvalue weighted by Gasteiger charge is 2.51. The quantitative estimate of drug-likeness (QED) is 0.811. The normalized spacial score (nSPS) is 40.2. The van der Waals surface area contributed by atoms with Crippen molar-refractivity contribution in [1.82, 2.24) is 4.90 Å². The van der Waals surface area contributed by atoms with E-state index in [1.54, 1.807) is 0 Å². The van der Waals surface area contributed by atoms with Crippen molar-refractivity contribution in [3.05, 3.63) is 0 Å². The molecule has 0 aliphatic heterocycles. The Morgan fingerprint density at radius 1 is 1.20 bits per heavy atom. The smallest absolute Gasteiger partial charge is 0.307 e. The van der Waals surface area contributed by atoms with Crippen LogP contribution in [0.15, 0.2) is 0 Å². The molecule has 0 radical (unpaired) electrons. The molecule has 1 unspecified atom stereocenters.